The number of carbonyl (C=O) groups excluding carboxylic acids is 1. The van der Waals surface area contributed by atoms with Crippen LogP contribution in [-0.2, 0) is 4.79 Å². The predicted molar refractivity (Wildman–Crippen MR) is 74.8 cm³/mol. The number of nitrogens with two attached hydrogens (primary N) is 1. The molecule has 4 nitrogen and oxygen atoms in total. The van der Waals surface area contributed by atoms with E-state index >= 15 is 0 Å². The van der Waals surface area contributed by atoms with Gasteiger partial charge in [-0.25, -0.2) is 0 Å². The van der Waals surface area contributed by atoms with Gasteiger partial charge in [-0.15, -0.1) is 0 Å². The van der Waals surface area contributed by atoms with E-state index in [4.69, 9.17) is 10.2 Å². The van der Waals surface area contributed by atoms with Gasteiger partial charge in [0.1, 0.15) is 5.76 Å². The first-order chi connectivity index (χ1) is 9.31. The molecular formula is C15H24N2O2. The second-order valence-electron chi connectivity index (χ2n) is 5.34. The highest BCUT2D eigenvalue weighted by Crippen LogP contribution is 2.24. The molecule has 19 heavy (non-hydrogen) atoms. The summed E-state index contributed by atoms with van der Waals surface area (Å²) in [5, 5.41) is 3.18. The minimum Gasteiger partial charge on any atom is -0.469 e. The molecule has 1 amide bonds. The third kappa shape index (κ3) is 4.10. The summed E-state index contributed by atoms with van der Waals surface area (Å²) in [6.45, 7) is 0.605. The first-order valence-electron chi connectivity index (χ1n) is 7.35. The van der Waals surface area contributed by atoms with Gasteiger partial charge in [0.15, 0.2) is 0 Å². The SMILES string of the molecule is NCCCC(C(=O)NC1CCCCC1)c1ccco1. The Hall–Kier alpha value is -1.29. The maximum Gasteiger partial charge on any atom is 0.230 e. The lowest BCUT2D eigenvalue weighted by molar-refractivity contribution is -0.124. The maximum absolute atomic E-state index is 12.4. The summed E-state index contributed by atoms with van der Waals surface area (Å²) in [6, 6.07) is 4.05. The molecule has 1 atom stereocenters. The molecule has 1 saturated carbocycles. The van der Waals surface area contributed by atoms with E-state index in [0.29, 0.717) is 12.6 Å². The van der Waals surface area contributed by atoms with E-state index in [1.165, 1.54) is 19.3 Å². The molecule has 1 heterocycles. The first kappa shape index (κ1) is 14.1. The van der Waals surface area contributed by atoms with Gasteiger partial charge in [0.05, 0.1) is 12.2 Å². The van der Waals surface area contributed by atoms with Gasteiger partial charge in [-0.05, 0) is 44.4 Å². The molecule has 2 rings (SSSR count). The van der Waals surface area contributed by atoms with Crippen LogP contribution in [0.15, 0.2) is 22.8 Å². The van der Waals surface area contributed by atoms with E-state index in [1.54, 1.807) is 6.26 Å². The van der Waals surface area contributed by atoms with Crippen molar-refractivity contribution in [3.05, 3.63) is 24.2 Å². The van der Waals surface area contributed by atoms with Crippen molar-refractivity contribution in [2.45, 2.75) is 56.9 Å². The Morgan fingerprint density at radius 2 is 2.21 bits per heavy atom. The number of rotatable bonds is 6. The van der Waals surface area contributed by atoms with Crippen LogP contribution in [0.3, 0.4) is 0 Å². The fourth-order valence-corrected chi connectivity index (χ4v) is 2.76. The Balaban J connectivity index is 1.94. The van der Waals surface area contributed by atoms with Gasteiger partial charge in [0.25, 0.3) is 0 Å². The zero-order valence-corrected chi connectivity index (χ0v) is 11.4. The van der Waals surface area contributed by atoms with Crippen LogP contribution < -0.4 is 11.1 Å². The van der Waals surface area contributed by atoms with Crippen LogP contribution >= 0.6 is 0 Å². The lowest BCUT2D eigenvalue weighted by Crippen LogP contribution is -2.39. The van der Waals surface area contributed by atoms with Gasteiger partial charge in [0.2, 0.25) is 5.91 Å². The zero-order chi connectivity index (χ0) is 13.5. The van der Waals surface area contributed by atoms with Crippen molar-refractivity contribution in [2.24, 2.45) is 5.73 Å². The van der Waals surface area contributed by atoms with Crippen LogP contribution in [0.1, 0.15) is 56.6 Å². The number of amides is 1. The summed E-state index contributed by atoms with van der Waals surface area (Å²) in [5.74, 6) is 0.650. The van der Waals surface area contributed by atoms with Gasteiger partial charge in [-0.2, -0.15) is 0 Å². The summed E-state index contributed by atoms with van der Waals surface area (Å²) >= 11 is 0. The molecule has 0 spiro atoms. The molecule has 0 aliphatic heterocycles. The Bertz CT molecular complexity index is 370. The number of nitrogens with one attached hydrogen (secondary N) is 1. The normalized spacial score (nSPS) is 18.2. The van der Waals surface area contributed by atoms with Gasteiger partial charge in [-0.3, -0.25) is 4.79 Å². The first-order valence-corrected chi connectivity index (χ1v) is 7.35. The molecule has 1 aromatic rings. The summed E-state index contributed by atoms with van der Waals surface area (Å²) in [5.41, 5.74) is 5.55. The Kier molecular flexibility index (Phi) is 5.45. The van der Waals surface area contributed by atoms with E-state index in [0.717, 1.165) is 31.4 Å². The van der Waals surface area contributed by atoms with Crippen LogP contribution in [-0.4, -0.2) is 18.5 Å². The molecular weight excluding hydrogens is 240 g/mol. The molecule has 1 aromatic heterocycles. The van der Waals surface area contributed by atoms with E-state index in [9.17, 15) is 4.79 Å². The summed E-state index contributed by atoms with van der Waals surface area (Å²) in [4.78, 5) is 12.4. The van der Waals surface area contributed by atoms with Gasteiger partial charge >= 0.3 is 0 Å². The van der Waals surface area contributed by atoms with Crippen molar-refractivity contribution in [1.82, 2.24) is 5.32 Å². The molecule has 0 saturated heterocycles. The monoisotopic (exact) mass is 264 g/mol. The number of furan rings is 1. The number of hydrogen-bond donors (Lipinski definition) is 2. The van der Waals surface area contributed by atoms with Crippen LogP contribution in [0.5, 0.6) is 0 Å². The highest BCUT2D eigenvalue weighted by Gasteiger charge is 2.25. The Labute approximate surface area is 114 Å². The molecule has 1 unspecified atom stereocenters. The average molecular weight is 264 g/mol. The maximum atomic E-state index is 12.4. The second-order valence-corrected chi connectivity index (χ2v) is 5.34. The molecule has 0 aromatic carbocycles. The highest BCUT2D eigenvalue weighted by atomic mass is 16.3. The second kappa shape index (κ2) is 7.34. The average Bonchev–Trinajstić information content (AvgIpc) is 2.94. The van der Waals surface area contributed by atoms with E-state index in [2.05, 4.69) is 5.32 Å². The smallest absolute Gasteiger partial charge is 0.230 e. The summed E-state index contributed by atoms with van der Waals surface area (Å²) in [6.07, 6.45) is 9.16. The molecule has 3 N–H and O–H groups in total. The van der Waals surface area contributed by atoms with Crippen molar-refractivity contribution in [3.8, 4) is 0 Å². The van der Waals surface area contributed by atoms with Crippen LogP contribution in [0, 0.1) is 0 Å². The van der Waals surface area contributed by atoms with Crippen molar-refractivity contribution in [3.63, 3.8) is 0 Å². The lowest BCUT2D eigenvalue weighted by Gasteiger charge is -2.25. The highest BCUT2D eigenvalue weighted by molar-refractivity contribution is 5.83. The fraction of sp³-hybridized carbons (Fsp3) is 0.667. The minimum absolute atomic E-state index is 0.0929. The standard InChI is InChI=1S/C15H24N2O2/c16-10-4-8-13(14-9-5-11-19-14)15(18)17-12-6-2-1-3-7-12/h5,9,11-13H,1-4,6-8,10,16H2,(H,17,18). The fourth-order valence-electron chi connectivity index (χ4n) is 2.76. The summed E-state index contributed by atoms with van der Waals surface area (Å²) < 4.78 is 5.40. The van der Waals surface area contributed by atoms with Crippen molar-refractivity contribution >= 4 is 5.91 Å². The zero-order valence-electron chi connectivity index (χ0n) is 11.4. The van der Waals surface area contributed by atoms with Crippen molar-refractivity contribution in [1.29, 1.82) is 0 Å². The van der Waals surface area contributed by atoms with Crippen LogP contribution in [0.25, 0.3) is 0 Å². The van der Waals surface area contributed by atoms with Gasteiger partial charge in [-0.1, -0.05) is 19.3 Å². The van der Waals surface area contributed by atoms with Gasteiger partial charge < -0.3 is 15.5 Å². The Morgan fingerprint density at radius 3 is 2.84 bits per heavy atom. The molecule has 106 valence electrons. The van der Waals surface area contributed by atoms with Crippen LogP contribution in [0.2, 0.25) is 0 Å². The van der Waals surface area contributed by atoms with Crippen molar-refractivity contribution < 1.29 is 9.21 Å². The topological polar surface area (TPSA) is 68.3 Å². The summed E-state index contributed by atoms with van der Waals surface area (Å²) in [7, 11) is 0. The molecule has 0 radical (unpaired) electrons. The Morgan fingerprint density at radius 1 is 1.42 bits per heavy atom. The predicted octanol–water partition coefficient (Wildman–Crippen LogP) is 2.55. The lowest BCUT2D eigenvalue weighted by atomic mass is 9.93. The van der Waals surface area contributed by atoms with E-state index in [-0.39, 0.29) is 11.8 Å². The molecule has 4 heteroatoms. The van der Waals surface area contributed by atoms with E-state index in [1.807, 2.05) is 12.1 Å². The third-order valence-corrected chi connectivity index (χ3v) is 3.85. The van der Waals surface area contributed by atoms with E-state index < -0.39 is 0 Å². The largest absolute Gasteiger partial charge is 0.469 e. The number of hydrogen-bond acceptors (Lipinski definition) is 3. The van der Waals surface area contributed by atoms with Crippen molar-refractivity contribution in [2.75, 3.05) is 6.54 Å². The van der Waals surface area contributed by atoms with Gasteiger partial charge in [0, 0.05) is 6.04 Å². The molecule has 1 aliphatic carbocycles. The number of carbonyl (C=O) groups is 1. The third-order valence-electron chi connectivity index (χ3n) is 3.85. The minimum atomic E-state index is -0.194. The molecule has 1 aliphatic rings. The quantitative estimate of drug-likeness (QED) is 0.829. The molecule has 1 fully saturated rings. The van der Waals surface area contributed by atoms with Crippen LogP contribution in [0.4, 0.5) is 0 Å². The molecule has 0 bridgehead atoms.